The number of nitrogens with one attached hydrogen (secondary N) is 1. The van der Waals surface area contributed by atoms with Crippen LogP contribution in [0.1, 0.15) is 12.8 Å². The lowest BCUT2D eigenvalue weighted by molar-refractivity contribution is -0.274. The monoisotopic (exact) mass is 496 g/mol. The van der Waals surface area contributed by atoms with Gasteiger partial charge in [0.05, 0.1) is 15.6 Å². The Bertz CT molecular complexity index is 1070. The molecule has 0 atom stereocenters. The normalized spacial score (nSPS) is 16.2. The van der Waals surface area contributed by atoms with Crippen LogP contribution in [0, 0.1) is 5.92 Å². The summed E-state index contributed by atoms with van der Waals surface area (Å²) >= 11 is 11.9. The molecule has 31 heavy (non-hydrogen) atoms. The summed E-state index contributed by atoms with van der Waals surface area (Å²) in [5.74, 6) is -1.37. The van der Waals surface area contributed by atoms with Crippen molar-refractivity contribution < 1.29 is 31.1 Å². The molecule has 1 fully saturated rings. The van der Waals surface area contributed by atoms with Crippen molar-refractivity contribution in [3.05, 3.63) is 52.5 Å². The van der Waals surface area contributed by atoms with E-state index in [4.69, 9.17) is 23.2 Å². The first kappa shape index (κ1) is 23.6. The van der Waals surface area contributed by atoms with E-state index < -0.39 is 28.1 Å². The molecule has 0 radical (unpaired) electrons. The SMILES string of the molecule is O=C(Nc1ccc(Cl)cc1Cl)C1CCN(S(=O)(=O)c2cccc(OC(F)(F)F)c2)CC1. The molecule has 1 N–H and O–H groups in total. The molecule has 2 aromatic carbocycles. The number of alkyl halides is 3. The molecule has 6 nitrogen and oxygen atoms in total. The third-order valence-corrected chi connectivity index (χ3v) is 7.13. The van der Waals surface area contributed by atoms with Gasteiger partial charge in [-0.25, -0.2) is 8.42 Å². The smallest absolute Gasteiger partial charge is 0.406 e. The minimum absolute atomic E-state index is 0.0408. The Morgan fingerprint density at radius 1 is 1.10 bits per heavy atom. The Balaban J connectivity index is 1.64. The van der Waals surface area contributed by atoms with Gasteiger partial charge in [-0.15, -0.1) is 13.2 Å². The van der Waals surface area contributed by atoms with Crippen LogP contribution in [0.2, 0.25) is 10.0 Å². The Hall–Kier alpha value is -2.01. The van der Waals surface area contributed by atoms with Gasteiger partial charge in [-0.2, -0.15) is 4.31 Å². The molecule has 1 heterocycles. The third kappa shape index (κ3) is 6.03. The van der Waals surface area contributed by atoms with Crippen molar-refractivity contribution in [2.75, 3.05) is 18.4 Å². The van der Waals surface area contributed by atoms with E-state index in [1.54, 1.807) is 12.1 Å². The molecular weight excluding hydrogens is 480 g/mol. The fourth-order valence-electron chi connectivity index (χ4n) is 3.16. The summed E-state index contributed by atoms with van der Waals surface area (Å²) < 4.78 is 67.8. The van der Waals surface area contributed by atoms with Crippen molar-refractivity contribution in [1.29, 1.82) is 0 Å². The number of rotatable bonds is 5. The molecule has 12 heteroatoms. The van der Waals surface area contributed by atoms with Crippen LogP contribution in [0.4, 0.5) is 18.9 Å². The molecule has 0 aliphatic carbocycles. The van der Waals surface area contributed by atoms with Gasteiger partial charge >= 0.3 is 6.36 Å². The number of anilines is 1. The van der Waals surface area contributed by atoms with E-state index in [9.17, 15) is 26.4 Å². The van der Waals surface area contributed by atoms with Crippen LogP contribution in [-0.4, -0.2) is 38.1 Å². The van der Waals surface area contributed by atoms with E-state index >= 15 is 0 Å². The van der Waals surface area contributed by atoms with Gasteiger partial charge in [-0.3, -0.25) is 4.79 Å². The number of carbonyl (C=O) groups excluding carboxylic acids is 1. The topological polar surface area (TPSA) is 75.7 Å². The fraction of sp³-hybridized carbons (Fsp3) is 0.316. The minimum Gasteiger partial charge on any atom is -0.406 e. The van der Waals surface area contributed by atoms with E-state index in [1.165, 1.54) is 18.2 Å². The Kier molecular flexibility index (Phi) is 7.04. The summed E-state index contributed by atoms with van der Waals surface area (Å²) in [4.78, 5) is 12.2. The van der Waals surface area contributed by atoms with Gasteiger partial charge in [-0.05, 0) is 43.2 Å². The number of carbonyl (C=O) groups is 1. The summed E-state index contributed by atoms with van der Waals surface area (Å²) in [5, 5.41) is 3.40. The Morgan fingerprint density at radius 2 is 1.77 bits per heavy atom. The maximum Gasteiger partial charge on any atom is 0.573 e. The number of hydrogen-bond donors (Lipinski definition) is 1. The summed E-state index contributed by atoms with van der Waals surface area (Å²) in [5.41, 5.74) is 0.396. The van der Waals surface area contributed by atoms with Gasteiger partial charge in [0.25, 0.3) is 0 Å². The van der Waals surface area contributed by atoms with Crippen LogP contribution in [0.15, 0.2) is 47.4 Å². The van der Waals surface area contributed by atoms with E-state index in [0.717, 1.165) is 16.4 Å². The van der Waals surface area contributed by atoms with E-state index in [0.29, 0.717) is 10.7 Å². The highest BCUT2D eigenvalue weighted by atomic mass is 35.5. The predicted molar refractivity (Wildman–Crippen MR) is 110 cm³/mol. The molecule has 1 saturated heterocycles. The second-order valence-corrected chi connectivity index (χ2v) is 9.60. The average molecular weight is 497 g/mol. The molecule has 0 unspecified atom stereocenters. The molecule has 0 bridgehead atoms. The number of piperidine rings is 1. The van der Waals surface area contributed by atoms with Crippen molar-refractivity contribution in [3.8, 4) is 5.75 Å². The average Bonchev–Trinajstić information content (AvgIpc) is 2.69. The Labute approximate surface area is 186 Å². The first-order chi connectivity index (χ1) is 14.5. The first-order valence-corrected chi connectivity index (χ1v) is 11.3. The molecular formula is C19H17Cl2F3N2O4S. The van der Waals surface area contributed by atoms with E-state index in [-0.39, 0.29) is 41.8 Å². The van der Waals surface area contributed by atoms with Crippen LogP contribution in [-0.2, 0) is 14.8 Å². The lowest BCUT2D eigenvalue weighted by atomic mass is 9.97. The maximum atomic E-state index is 12.8. The highest BCUT2D eigenvalue weighted by molar-refractivity contribution is 7.89. The molecule has 168 valence electrons. The molecule has 1 aliphatic heterocycles. The number of benzene rings is 2. The van der Waals surface area contributed by atoms with Crippen molar-refractivity contribution >= 4 is 44.8 Å². The number of amides is 1. The van der Waals surface area contributed by atoms with Crippen LogP contribution < -0.4 is 10.1 Å². The summed E-state index contributed by atoms with van der Waals surface area (Å²) in [7, 11) is -4.04. The lowest BCUT2D eigenvalue weighted by Gasteiger charge is -2.30. The molecule has 0 aromatic heterocycles. The zero-order valence-corrected chi connectivity index (χ0v) is 18.2. The summed E-state index contributed by atoms with van der Waals surface area (Å²) in [6.07, 6.45) is -4.44. The minimum atomic E-state index is -4.93. The van der Waals surface area contributed by atoms with Gasteiger partial charge in [0.2, 0.25) is 15.9 Å². The van der Waals surface area contributed by atoms with Crippen LogP contribution in [0.3, 0.4) is 0 Å². The second-order valence-electron chi connectivity index (χ2n) is 6.81. The highest BCUT2D eigenvalue weighted by Gasteiger charge is 2.34. The largest absolute Gasteiger partial charge is 0.573 e. The molecule has 1 aliphatic rings. The van der Waals surface area contributed by atoms with Gasteiger partial charge < -0.3 is 10.1 Å². The molecule has 0 spiro atoms. The number of sulfonamides is 1. The first-order valence-electron chi connectivity index (χ1n) is 9.07. The van der Waals surface area contributed by atoms with Gasteiger partial charge in [0.1, 0.15) is 5.75 Å². The summed E-state index contributed by atoms with van der Waals surface area (Å²) in [6, 6.07) is 8.84. The molecule has 0 saturated carbocycles. The van der Waals surface area contributed by atoms with E-state index in [2.05, 4.69) is 10.1 Å². The van der Waals surface area contributed by atoms with Gasteiger partial charge in [0.15, 0.2) is 0 Å². The number of hydrogen-bond acceptors (Lipinski definition) is 4. The van der Waals surface area contributed by atoms with E-state index in [1.807, 2.05) is 0 Å². The van der Waals surface area contributed by atoms with Crippen molar-refractivity contribution in [3.63, 3.8) is 0 Å². The highest BCUT2D eigenvalue weighted by Crippen LogP contribution is 2.30. The summed E-state index contributed by atoms with van der Waals surface area (Å²) in [6.45, 7) is 0.0816. The maximum absolute atomic E-state index is 12.8. The second kappa shape index (κ2) is 9.23. The quantitative estimate of drug-likeness (QED) is 0.636. The van der Waals surface area contributed by atoms with Crippen LogP contribution >= 0.6 is 23.2 Å². The Morgan fingerprint density at radius 3 is 2.39 bits per heavy atom. The molecule has 2 aromatic rings. The lowest BCUT2D eigenvalue weighted by Crippen LogP contribution is -2.41. The third-order valence-electron chi connectivity index (χ3n) is 4.69. The molecule has 3 rings (SSSR count). The van der Waals surface area contributed by atoms with Crippen molar-refractivity contribution in [1.82, 2.24) is 4.31 Å². The zero-order chi connectivity index (χ0) is 22.8. The number of ether oxygens (including phenoxy) is 1. The fourth-order valence-corrected chi connectivity index (χ4v) is 5.13. The number of halogens is 5. The zero-order valence-electron chi connectivity index (χ0n) is 15.8. The van der Waals surface area contributed by atoms with Gasteiger partial charge in [-0.1, -0.05) is 29.3 Å². The van der Waals surface area contributed by atoms with Crippen LogP contribution in [0.5, 0.6) is 5.75 Å². The van der Waals surface area contributed by atoms with Crippen LogP contribution in [0.25, 0.3) is 0 Å². The van der Waals surface area contributed by atoms with Crippen molar-refractivity contribution in [2.24, 2.45) is 5.92 Å². The predicted octanol–water partition coefficient (Wildman–Crippen LogP) is 4.93. The van der Waals surface area contributed by atoms with Crippen molar-refractivity contribution in [2.45, 2.75) is 24.1 Å². The standard InChI is InChI=1S/C19H17Cl2F3N2O4S/c20-13-4-5-17(16(21)10-13)25-18(27)12-6-8-26(9-7-12)31(28,29)15-3-1-2-14(11-15)30-19(22,23)24/h1-5,10-12H,6-9H2,(H,25,27). The molecule has 1 amide bonds. The van der Waals surface area contributed by atoms with Gasteiger partial charge in [0, 0.05) is 30.1 Å². The number of nitrogens with zero attached hydrogens (tertiary/aromatic N) is 1.